The quantitative estimate of drug-likeness (QED) is 0.706. The lowest BCUT2D eigenvalue weighted by molar-refractivity contribution is 0.0698. The normalized spacial score (nSPS) is 10.3. The maximum Gasteiger partial charge on any atom is 0.337 e. The number of hydrogen-bond acceptors (Lipinski definition) is 5. The lowest BCUT2D eigenvalue weighted by Crippen LogP contribution is -2.16. The molecule has 0 atom stereocenters. The molecule has 1 aromatic heterocycles. The third-order valence-electron chi connectivity index (χ3n) is 3.46. The van der Waals surface area contributed by atoms with Crippen LogP contribution in [0.1, 0.15) is 27.9 Å². The van der Waals surface area contributed by atoms with Gasteiger partial charge in [0.25, 0.3) is 5.91 Å². The summed E-state index contributed by atoms with van der Waals surface area (Å²) in [5.74, 6) is -1.90. The fraction of sp³-hybridized carbons (Fsp3) is 0.111. The summed E-state index contributed by atoms with van der Waals surface area (Å²) in [5.41, 5.74) is 0.834. The molecule has 8 heteroatoms. The molecule has 0 bridgehead atoms. The van der Waals surface area contributed by atoms with Crippen molar-refractivity contribution in [2.45, 2.75) is 6.92 Å². The first-order valence-corrected chi connectivity index (χ1v) is 7.89. The molecule has 132 valence electrons. The average Bonchev–Trinajstić information content (AvgIpc) is 3.07. The van der Waals surface area contributed by atoms with Crippen LogP contribution < -0.4 is 10.1 Å². The standard InChI is InChI=1S/C18H16N4O4/c1-2-26-18-20-15(21-22(18)12-8-4-3-5-9-12)16(23)19-14-11-7-6-10-13(14)17(24)25/h3-11H,2H2,1H3,(H,19,23)(H,24,25). The van der Waals surface area contributed by atoms with E-state index in [9.17, 15) is 14.7 Å². The molecule has 8 nitrogen and oxygen atoms in total. The number of nitrogens with one attached hydrogen (secondary N) is 1. The van der Waals surface area contributed by atoms with E-state index in [0.717, 1.165) is 0 Å². The molecule has 0 spiro atoms. The minimum absolute atomic E-state index is 0.0200. The second-order valence-electron chi connectivity index (χ2n) is 5.20. The van der Waals surface area contributed by atoms with Gasteiger partial charge < -0.3 is 15.2 Å². The Morgan fingerprint density at radius 3 is 2.50 bits per heavy atom. The molecular formula is C18H16N4O4. The van der Waals surface area contributed by atoms with E-state index in [0.29, 0.717) is 12.3 Å². The molecule has 0 aliphatic carbocycles. The zero-order valence-corrected chi connectivity index (χ0v) is 13.9. The Balaban J connectivity index is 1.92. The Kier molecular flexibility index (Phi) is 4.93. The monoisotopic (exact) mass is 352 g/mol. The van der Waals surface area contributed by atoms with Gasteiger partial charge in [-0.1, -0.05) is 30.3 Å². The number of aromatic carboxylic acids is 1. The lowest BCUT2D eigenvalue weighted by Gasteiger charge is -2.06. The highest BCUT2D eigenvalue weighted by Crippen LogP contribution is 2.18. The van der Waals surface area contributed by atoms with Gasteiger partial charge >= 0.3 is 12.0 Å². The van der Waals surface area contributed by atoms with Crippen LogP contribution in [-0.4, -0.2) is 38.4 Å². The number of hydrogen-bond donors (Lipinski definition) is 2. The Morgan fingerprint density at radius 1 is 1.12 bits per heavy atom. The number of ether oxygens (including phenoxy) is 1. The second-order valence-corrected chi connectivity index (χ2v) is 5.20. The van der Waals surface area contributed by atoms with Crippen molar-refractivity contribution < 1.29 is 19.4 Å². The number of nitrogens with zero attached hydrogens (tertiary/aromatic N) is 3. The van der Waals surface area contributed by atoms with Crippen LogP contribution in [0, 0.1) is 0 Å². The van der Waals surface area contributed by atoms with Gasteiger partial charge in [-0.2, -0.15) is 9.67 Å². The number of carbonyl (C=O) groups is 2. The molecule has 0 radical (unpaired) electrons. The predicted molar refractivity (Wildman–Crippen MR) is 93.9 cm³/mol. The Morgan fingerprint density at radius 2 is 1.81 bits per heavy atom. The van der Waals surface area contributed by atoms with E-state index in [2.05, 4.69) is 15.4 Å². The van der Waals surface area contributed by atoms with Crippen molar-refractivity contribution in [1.29, 1.82) is 0 Å². The molecular weight excluding hydrogens is 336 g/mol. The van der Waals surface area contributed by atoms with Crippen molar-refractivity contribution in [3.63, 3.8) is 0 Å². The molecule has 1 amide bonds. The fourth-order valence-electron chi connectivity index (χ4n) is 2.31. The van der Waals surface area contributed by atoms with Gasteiger partial charge in [0.15, 0.2) is 0 Å². The first-order valence-electron chi connectivity index (χ1n) is 7.89. The van der Waals surface area contributed by atoms with Crippen LogP contribution in [0.2, 0.25) is 0 Å². The van der Waals surface area contributed by atoms with Crippen molar-refractivity contribution >= 4 is 17.6 Å². The number of carbonyl (C=O) groups excluding carboxylic acids is 1. The van der Waals surface area contributed by atoms with E-state index in [1.54, 1.807) is 31.2 Å². The van der Waals surface area contributed by atoms with Gasteiger partial charge in [0.1, 0.15) is 0 Å². The molecule has 26 heavy (non-hydrogen) atoms. The van der Waals surface area contributed by atoms with Gasteiger partial charge in [-0.3, -0.25) is 4.79 Å². The smallest absolute Gasteiger partial charge is 0.337 e. The first kappa shape index (κ1) is 17.2. The van der Waals surface area contributed by atoms with E-state index >= 15 is 0 Å². The average molecular weight is 352 g/mol. The third kappa shape index (κ3) is 3.54. The van der Waals surface area contributed by atoms with Crippen molar-refractivity contribution in [3.05, 3.63) is 66.0 Å². The summed E-state index contributed by atoms with van der Waals surface area (Å²) < 4.78 is 6.87. The minimum Gasteiger partial charge on any atom is -0.478 e. The lowest BCUT2D eigenvalue weighted by atomic mass is 10.2. The summed E-state index contributed by atoms with van der Waals surface area (Å²) in [6.45, 7) is 2.15. The SMILES string of the molecule is CCOc1nc(C(=O)Nc2ccccc2C(=O)O)nn1-c1ccccc1. The highest BCUT2D eigenvalue weighted by atomic mass is 16.5. The van der Waals surface area contributed by atoms with Crippen LogP contribution in [0.3, 0.4) is 0 Å². The predicted octanol–water partition coefficient (Wildman–Crippen LogP) is 2.62. The van der Waals surface area contributed by atoms with E-state index in [4.69, 9.17) is 4.74 Å². The van der Waals surface area contributed by atoms with Crippen LogP contribution in [0.15, 0.2) is 54.6 Å². The van der Waals surface area contributed by atoms with Crippen LogP contribution in [-0.2, 0) is 0 Å². The van der Waals surface area contributed by atoms with Gasteiger partial charge in [0.05, 0.1) is 23.5 Å². The number of amides is 1. The van der Waals surface area contributed by atoms with Crippen LogP contribution >= 0.6 is 0 Å². The number of benzene rings is 2. The molecule has 2 N–H and O–H groups in total. The van der Waals surface area contributed by atoms with Gasteiger partial charge in [-0.05, 0) is 31.2 Å². The highest BCUT2D eigenvalue weighted by molar-refractivity contribution is 6.05. The van der Waals surface area contributed by atoms with Crippen LogP contribution in [0.4, 0.5) is 5.69 Å². The molecule has 0 unspecified atom stereocenters. The molecule has 0 fully saturated rings. The van der Waals surface area contributed by atoms with Gasteiger partial charge in [0.2, 0.25) is 5.82 Å². The van der Waals surface area contributed by atoms with Crippen LogP contribution in [0.5, 0.6) is 6.01 Å². The Hall–Kier alpha value is -3.68. The maximum atomic E-state index is 12.5. The summed E-state index contributed by atoms with van der Waals surface area (Å²) in [5, 5.41) is 15.9. The first-order chi connectivity index (χ1) is 12.6. The largest absolute Gasteiger partial charge is 0.478 e. The van der Waals surface area contributed by atoms with E-state index in [1.165, 1.54) is 16.8 Å². The summed E-state index contributed by atoms with van der Waals surface area (Å²) in [6.07, 6.45) is 0. The molecule has 1 heterocycles. The zero-order valence-electron chi connectivity index (χ0n) is 13.9. The van der Waals surface area contributed by atoms with Crippen molar-refractivity contribution in [3.8, 4) is 11.7 Å². The number of rotatable bonds is 6. The van der Waals surface area contributed by atoms with Crippen molar-refractivity contribution in [2.24, 2.45) is 0 Å². The number of para-hydroxylation sites is 2. The minimum atomic E-state index is -1.14. The van der Waals surface area contributed by atoms with Gasteiger partial charge in [-0.25, -0.2) is 4.79 Å². The van der Waals surface area contributed by atoms with Crippen molar-refractivity contribution in [2.75, 3.05) is 11.9 Å². The molecule has 2 aromatic carbocycles. The van der Waals surface area contributed by atoms with Crippen molar-refractivity contribution in [1.82, 2.24) is 14.8 Å². The summed E-state index contributed by atoms with van der Waals surface area (Å²) in [4.78, 5) is 27.9. The molecule has 3 rings (SSSR count). The summed E-state index contributed by atoms with van der Waals surface area (Å²) in [6, 6.07) is 15.4. The highest BCUT2D eigenvalue weighted by Gasteiger charge is 2.20. The number of carboxylic acid groups (broad SMARTS) is 1. The number of aromatic nitrogens is 3. The topological polar surface area (TPSA) is 106 Å². The summed E-state index contributed by atoms with van der Waals surface area (Å²) >= 11 is 0. The molecule has 0 aliphatic heterocycles. The molecule has 3 aromatic rings. The fourth-order valence-corrected chi connectivity index (χ4v) is 2.31. The van der Waals surface area contributed by atoms with E-state index < -0.39 is 11.9 Å². The maximum absolute atomic E-state index is 12.5. The number of carboxylic acids is 1. The Labute approximate surface area is 149 Å². The molecule has 0 aliphatic rings. The van der Waals surface area contributed by atoms with Gasteiger partial charge in [-0.15, -0.1) is 5.10 Å². The van der Waals surface area contributed by atoms with E-state index in [1.807, 2.05) is 18.2 Å². The second kappa shape index (κ2) is 7.47. The molecule has 0 saturated heterocycles. The van der Waals surface area contributed by atoms with E-state index in [-0.39, 0.29) is 23.1 Å². The zero-order chi connectivity index (χ0) is 18.5. The third-order valence-corrected chi connectivity index (χ3v) is 3.46. The van der Waals surface area contributed by atoms with Gasteiger partial charge in [0, 0.05) is 0 Å². The number of anilines is 1. The molecule has 0 saturated carbocycles. The van der Waals surface area contributed by atoms with Crippen LogP contribution in [0.25, 0.3) is 5.69 Å². The Bertz CT molecular complexity index is 937. The summed E-state index contributed by atoms with van der Waals surface area (Å²) in [7, 11) is 0.